The van der Waals surface area contributed by atoms with Crippen LogP contribution in [0.3, 0.4) is 0 Å². The van der Waals surface area contributed by atoms with Crippen molar-refractivity contribution in [2.75, 3.05) is 26.2 Å². The molecule has 0 atom stereocenters. The zero-order valence-electron chi connectivity index (χ0n) is 15.1. The molecule has 1 fully saturated rings. The number of benzene rings is 1. The topological polar surface area (TPSA) is 40.6 Å². The molecule has 2 aromatic rings. The summed E-state index contributed by atoms with van der Waals surface area (Å²) in [5.41, 5.74) is 1.17. The molecule has 1 aromatic carbocycles. The third-order valence-corrected chi connectivity index (χ3v) is 7.42. The second kappa shape index (κ2) is 7.19. The van der Waals surface area contributed by atoms with E-state index in [-0.39, 0.29) is 5.41 Å². The summed E-state index contributed by atoms with van der Waals surface area (Å²) in [6.07, 6.45) is 0. The van der Waals surface area contributed by atoms with Crippen molar-refractivity contribution >= 4 is 21.4 Å². The highest BCUT2D eigenvalue weighted by molar-refractivity contribution is 7.89. The molecule has 0 bridgehead atoms. The van der Waals surface area contributed by atoms with Crippen LogP contribution in [0.4, 0.5) is 0 Å². The van der Waals surface area contributed by atoms with Crippen molar-refractivity contribution in [1.82, 2.24) is 9.21 Å². The van der Waals surface area contributed by atoms with Crippen LogP contribution in [0.1, 0.15) is 31.2 Å². The molecular weight excluding hydrogens is 352 g/mol. The molecule has 1 saturated heterocycles. The predicted molar refractivity (Wildman–Crippen MR) is 103 cm³/mol. The van der Waals surface area contributed by atoms with Gasteiger partial charge in [0.1, 0.15) is 0 Å². The van der Waals surface area contributed by atoms with E-state index in [2.05, 4.69) is 43.2 Å². The molecule has 3 rings (SSSR count). The van der Waals surface area contributed by atoms with Gasteiger partial charge in [-0.15, -0.1) is 11.3 Å². The summed E-state index contributed by atoms with van der Waals surface area (Å²) >= 11 is 1.75. The number of rotatable bonds is 4. The number of nitrogens with zero attached hydrogens (tertiary/aromatic N) is 2. The van der Waals surface area contributed by atoms with E-state index in [1.54, 1.807) is 27.8 Å². The highest BCUT2D eigenvalue weighted by Crippen LogP contribution is 2.25. The molecule has 0 spiro atoms. The van der Waals surface area contributed by atoms with Crippen LogP contribution in [-0.4, -0.2) is 43.8 Å². The van der Waals surface area contributed by atoms with Crippen LogP contribution >= 0.6 is 11.3 Å². The van der Waals surface area contributed by atoms with Gasteiger partial charge in [0.2, 0.25) is 10.0 Å². The summed E-state index contributed by atoms with van der Waals surface area (Å²) in [5, 5.41) is 2.08. The van der Waals surface area contributed by atoms with E-state index in [9.17, 15) is 8.42 Å². The monoisotopic (exact) mass is 378 g/mol. The Bertz CT molecular complexity index is 783. The first-order valence-corrected chi connectivity index (χ1v) is 10.9. The number of sulfonamides is 1. The molecule has 0 N–H and O–H groups in total. The van der Waals surface area contributed by atoms with Crippen molar-refractivity contribution in [3.8, 4) is 0 Å². The van der Waals surface area contributed by atoms with Crippen molar-refractivity contribution in [3.63, 3.8) is 0 Å². The molecule has 4 nitrogen and oxygen atoms in total. The van der Waals surface area contributed by atoms with Crippen LogP contribution in [0.15, 0.2) is 46.7 Å². The van der Waals surface area contributed by atoms with Gasteiger partial charge < -0.3 is 0 Å². The van der Waals surface area contributed by atoms with Crippen molar-refractivity contribution in [2.24, 2.45) is 0 Å². The van der Waals surface area contributed by atoms with E-state index < -0.39 is 10.0 Å². The molecule has 0 saturated carbocycles. The van der Waals surface area contributed by atoms with Crippen LogP contribution in [0, 0.1) is 0 Å². The van der Waals surface area contributed by atoms with Crippen LogP contribution < -0.4 is 0 Å². The molecule has 6 heteroatoms. The maximum Gasteiger partial charge on any atom is 0.243 e. The van der Waals surface area contributed by atoms with Gasteiger partial charge in [-0.3, -0.25) is 4.90 Å². The molecule has 0 unspecified atom stereocenters. The summed E-state index contributed by atoms with van der Waals surface area (Å²) in [6, 6.07) is 11.5. The van der Waals surface area contributed by atoms with Gasteiger partial charge in [0, 0.05) is 37.6 Å². The van der Waals surface area contributed by atoms with E-state index in [0.29, 0.717) is 18.0 Å². The highest BCUT2D eigenvalue weighted by Gasteiger charge is 2.28. The Morgan fingerprint density at radius 1 is 1.00 bits per heavy atom. The predicted octanol–water partition coefficient (Wildman–Crippen LogP) is 3.55. The summed E-state index contributed by atoms with van der Waals surface area (Å²) < 4.78 is 27.4. The molecule has 136 valence electrons. The van der Waals surface area contributed by atoms with Crippen molar-refractivity contribution < 1.29 is 8.42 Å². The molecule has 0 amide bonds. The zero-order valence-corrected chi connectivity index (χ0v) is 16.7. The molecule has 0 radical (unpaired) electrons. The summed E-state index contributed by atoms with van der Waals surface area (Å²) in [7, 11) is -3.40. The van der Waals surface area contributed by atoms with E-state index in [1.165, 1.54) is 4.88 Å². The van der Waals surface area contributed by atoms with E-state index >= 15 is 0 Å². The summed E-state index contributed by atoms with van der Waals surface area (Å²) in [5.74, 6) is 0. The minimum absolute atomic E-state index is 0.0235. The molecular formula is C19H26N2O2S2. The average Bonchev–Trinajstić information content (AvgIpc) is 3.08. The lowest BCUT2D eigenvalue weighted by atomic mass is 9.87. The fourth-order valence-corrected chi connectivity index (χ4v) is 5.20. The lowest BCUT2D eigenvalue weighted by Gasteiger charge is -2.33. The summed E-state index contributed by atoms with van der Waals surface area (Å²) in [4.78, 5) is 4.04. The zero-order chi connectivity index (χ0) is 18.1. The van der Waals surface area contributed by atoms with Gasteiger partial charge in [-0.2, -0.15) is 4.31 Å². The van der Waals surface area contributed by atoms with Gasteiger partial charge in [0.05, 0.1) is 4.90 Å². The lowest BCUT2D eigenvalue weighted by Crippen LogP contribution is -2.48. The van der Waals surface area contributed by atoms with Crippen molar-refractivity contribution in [1.29, 1.82) is 0 Å². The Balaban J connectivity index is 1.65. The van der Waals surface area contributed by atoms with Gasteiger partial charge in [-0.05, 0) is 34.6 Å². The average molecular weight is 379 g/mol. The maximum atomic E-state index is 12.9. The Morgan fingerprint density at radius 3 is 2.16 bits per heavy atom. The lowest BCUT2D eigenvalue weighted by molar-refractivity contribution is 0.183. The van der Waals surface area contributed by atoms with Crippen LogP contribution in [0.2, 0.25) is 0 Å². The normalized spacial score (nSPS) is 17.7. The van der Waals surface area contributed by atoms with Crippen molar-refractivity contribution in [2.45, 2.75) is 37.6 Å². The first-order chi connectivity index (χ1) is 11.8. The van der Waals surface area contributed by atoms with E-state index in [0.717, 1.165) is 25.2 Å². The fourth-order valence-electron chi connectivity index (χ4n) is 3.03. The van der Waals surface area contributed by atoms with E-state index in [4.69, 9.17) is 0 Å². The minimum Gasteiger partial charge on any atom is -0.296 e. The van der Waals surface area contributed by atoms with Gasteiger partial charge in [0.25, 0.3) is 0 Å². The Labute approximate surface area is 155 Å². The fraction of sp³-hybridized carbons (Fsp3) is 0.474. The number of hydrogen-bond acceptors (Lipinski definition) is 4. The molecule has 1 aliphatic rings. The van der Waals surface area contributed by atoms with Crippen LogP contribution in [0.25, 0.3) is 0 Å². The van der Waals surface area contributed by atoms with Gasteiger partial charge in [0.15, 0.2) is 0 Å². The van der Waals surface area contributed by atoms with Gasteiger partial charge >= 0.3 is 0 Å². The molecule has 1 aliphatic heterocycles. The maximum absolute atomic E-state index is 12.9. The Kier molecular flexibility index (Phi) is 5.34. The van der Waals surface area contributed by atoms with Crippen molar-refractivity contribution in [3.05, 3.63) is 52.2 Å². The molecule has 2 heterocycles. The van der Waals surface area contributed by atoms with Crippen LogP contribution in [-0.2, 0) is 22.0 Å². The van der Waals surface area contributed by atoms with E-state index in [1.807, 2.05) is 12.1 Å². The number of hydrogen-bond donors (Lipinski definition) is 0. The third-order valence-electron chi connectivity index (χ3n) is 4.65. The quantitative estimate of drug-likeness (QED) is 0.817. The van der Waals surface area contributed by atoms with Gasteiger partial charge in [-0.25, -0.2) is 8.42 Å². The molecule has 0 aliphatic carbocycles. The largest absolute Gasteiger partial charge is 0.296 e. The standard InChI is InChI=1S/C19H26N2O2S2/c1-19(2,3)16-6-8-18(9-7-16)25(22,23)21-12-10-20(11-13-21)15-17-5-4-14-24-17/h4-9,14H,10-13,15H2,1-3H3. The third kappa shape index (κ3) is 4.31. The first-order valence-electron chi connectivity index (χ1n) is 8.62. The Morgan fingerprint density at radius 2 is 1.64 bits per heavy atom. The second-order valence-electron chi connectivity index (χ2n) is 7.53. The molecule has 25 heavy (non-hydrogen) atoms. The number of piperazine rings is 1. The Hall–Kier alpha value is -1.21. The van der Waals surface area contributed by atoms with Gasteiger partial charge in [-0.1, -0.05) is 39.0 Å². The molecule has 1 aromatic heterocycles. The SMILES string of the molecule is CC(C)(C)c1ccc(S(=O)(=O)N2CCN(Cc3cccs3)CC2)cc1. The van der Waals surface area contributed by atoms with Crippen LogP contribution in [0.5, 0.6) is 0 Å². The minimum atomic E-state index is -3.40. The highest BCUT2D eigenvalue weighted by atomic mass is 32.2. The smallest absolute Gasteiger partial charge is 0.243 e. The summed E-state index contributed by atoms with van der Waals surface area (Å²) in [6.45, 7) is 9.94. The first kappa shape index (κ1) is 18.6. The second-order valence-corrected chi connectivity index (χ2v) is 10.5. The number of thiophene rings is 1.